The zero-order valence-electron chi connectivity index (χ0n) is 37.8. The second kappa shape index (κ2) is 18.7. The number of rotatable bonds is 13. The van der Waals surface area contributed by atoms with Gasteiger partial charge in [-0.25, -0.2) is 13.6 Å². The summed E-state index contributed by atoms with van der Waals surface area (Å²) in [5.74, 6) is -1.13. The third-order valence-electron chi connectivity index (χ3n) is 14.9. The molecule has 4 atom stereocenters. The number of urea groups is 1. The minimum atomic E-state index is -2.59. The van der Waals surface area contributed by atoms with Crippen LogP contribution in [0.25, 0.3) is 0 Å². The van der Waals surface area contributed by atoms with E-state index in [0.29, 0.717) is 37.3 Å². The number of hydrogen-bond acceptors (Lipinski definition) is 10. The van der Waals surface area contributed by atoms with Crippen LogP contribution in [-0.2, 0) is 22.6 Å². The topological polar surface area (TPSA) is 155 Å². The summed E-state index contributed by atoms with van der Waals surface area (Å²) in [6, 6.07) is 4.24. The number of alkyl halides is 2. The van der Waals surface area contributed by atoms with E-state index in [1.165, 1.54) is 0 Å². The average Bonchev–Trinajstić information content (AvgIpc) is 3.94. The lowest BCUT2D eigenvalue weighted by Crippen LogP contribution is -2.54. The van der Waals surface area contributed by atoms with E-state index in [-0.39, 0.29) is 59.6 Å². The number of nitrogens with zero attached hydrogens (tertiary/aromatic N) is 7. The molecule has 7 aliphatic rings. The first-order chi connectivity index (χ1) is 31.4. The van der Waals surface area contributed by atoms with Gasteiger partial charge in [-0.1, -0.05) is 31.1 Å². The first kappa shape index (κ1) is 44.6. The summed E-state index contributed by atoms with van der Waals surface area (Å²) in [5.41, 5.74) is 5.13. The number of nitrogens with one attached hydrogen (secondary N) is 3. The van der Waals surface area contributed by atoms with Crippen molar-refractivity contribution in [3.05, 3.63) is 75.7 Å². The Hall–Kier alpha value is -5.58. The molecule has 1 aromatic carbocycles. The van der Waals surface area contributed by atoms with E-state index < -0.39 is 36.1 Å². The number of anilines is 2. The summed E-state index contributed by atoms with van der Waals surface area (Å²) in [4.78, 5) is 73.4. The van der Waals surface area contributed by atoms with Gasteiger partial charge in [0, 0.05) is 100 Å². The highest BCUT2D eigenvalue weighted by Crippen LogP contribution is 2.44. The Kier molecular flexibility index (Phi) is 12.9. The number of carbonyl (C=O) groups excluding carboxylic acids is 5. The predicted molar refractivity (Wildman–Crippen MR) is 242 cm³/mol. The summed E-state index contributed by atoms with van der Waals surface area (Å²) < 4.78 is 32.0. The van der Waals surface area contributed by atoms with Crippen LogP contribution in [0.15, 0.2) is 53.3 Å². The van der Waals surface area contributed by atoms with E-state index in [1.54, 1.807) is 25.2 Å². The van der Waals surface area contributed by atoms with Gasteiger partial charge in [0.2, 0.25) is 11.8 Å². The Morgan fingerprint density at radius 3 is 2.49 bits per heavy atom. The third-order valence-corrected chi connectivity index (χ3v) is 14.9. The molecular formula is C48H62F2N10O5. The predicted octanol–water partition coefficient (Wildman–Crippen LogP) is 5.62. The number of fused-ring (bicyclic) bond motifs is 3. The number of imide groups is 2. The van der Waals surface area contributed by atoms with Crippen molar-refractivity contribution >= 4 is 41.2 Å². The number of allylic oxidation sites excluding steroid dienone is 2. The maximum atomic E-state index is 14.9. The number of benzene rings is 1. The van der Waals surface area contributed by atoms with Crippen LogP contribution in [0.1, 0.15) is 116 Å². The van der Waals surface area contributed by atoms with Crippen LogP contribution in [-0.4, -0.2) is 137 Å². The molecule has 6 aliphatic heterocycles. The van der Waals surface area contributed by atoms with Gasteiger partial charge in [0.1, 0.15) is 6.04 Å². The van der Waals surface area contributed by atoms with Crippen LogP contribution in [0.3, 0.4) is 0 Å². The summed E-state index contributed by atoms with van der Waals surface area (Å²) in [7, 11) is 3.66. The molecule has 0 spiro atoms. The lowest BCUT2D eigenvalue weighted by atomic mass is 9.78. The van der Waals surface area contributed by atoms with Crippen LogP contribution in [0.2, 0.25) is 0 Å². The molecule has 3 N–H and O–H groups in total. The van der Waals surface area contributed by atoms with Crippen molar-refractivity contribution in [2.75, 3.05) is 63.6 Å². The molecule has 3 saturated heterocycles. The van der Waals surface area contributed by atoms with E-state index in [9.17, 15) is 32.8 Å². The lowest BCUT2D eigenvalue weighted by Gasteiger charge is -2.43. The normalized spacial score (nSPS) is 25.0. The molecule has 6 amide bonds. The molecule has 0 saturated carbocycles. The van der Waals surface area contributed by atoms with E-state index in [2.05, 4.69) is 48.3 Å². The molecule has 1 aliphatic carbocycles. The fourth-order valence-electron chi connectivity index (χ4n) is 11.2. The van der Waals surface area contributed by atoms with Gasteiger partial charge in [-0.2, -0.15) is 5.10 Å². The van der Waals surface area contributed by atoms with Gasteiger partial charge in [0.15, 0.2) is 5.82 Å². The highest BCUT2D eigenvalue weighted by atomic mass is 19.3. The van der Waals surface area contributed by atoms with Gasteiger partial charge in [-0.3, -0.25) is 34.1 Å². The molecule has 1 aromatic heterocycles. The minimum Gasteiger partial charge on any atom is -0.384 e. The third kappa shape index (κ3) is 8.67. The van der Waals surface area contributed by atoms with Crippen LogP contribution in [0.4, 0.5) is 25.1 Å². The number of likely N-dealkylation sites (tertiary alicyclic amines) is 1. The van der Waals surface area contributed by atoms with Gasteiger partial charge < -0.3 is 30.2 Å². The highest BCUT2D eigenvalue weighted by molar-refractivity contribution is 6.25. The van der Waals surface area contributed by atoms with Crippen molar-refractivity contribution in [1.82, 2.24) is 40.0 Å². The van der Waals surface area contributed by atoms with Gasteiger partial charge in [0.25, 0.3) is 18.2 Å². The van der Waals surface area contributed by atoms with Crippen LogP contribution in [0, 0.1) is 5.92 Å². The smallest absolute Gasteiger partial charge is 0.317 e. The lowest BCUT2D eigenvalue weighted by molar-refractivity contribution is -0.136. The Labute approximate surface area is 379 Å². The van der Waals surface area contributed by atoms with Crippen LogP contribution >= 0.6 is 0 Å². The first-order valence-electron chi connectivity index (χ1n) is 23.7. The molecule has 348 valence electrons. The fraction of sp³-hybridized carbons (Fsp3) is 0.583. The van der Waals surface area contributed by atoms with Gasteiger partial charge in [-0.05, 0) is 88.1 Å². The Bertz CT molecular complexity index is 2320. The zero-order valence-corrected chi connectivity index (χ0v) is 37.8. The average molecular weight is 897 g/mol. The minimum absolute atomic E-state index is 0.0770. The number of amides is 6. The summed E-state index contributed by atoms with van der Waals surface area (Å²) >= 11 is 0. The second-order valence-electron chi connectivity index (χ2n) is 18.9. The van der Waals surface area contributed by atoms with Crippen LogP contribution < -0.4 is 20.9 Å². The molecule has 7 heterocycles. The van der Waals surface area contributed by atoms with Gasteiger partial charge >= 0.3 is 6.03 Å². The van der Waals surface area contributed by atoms with Crippen molar-refractivity contribution in [3.8, 4) is 0 Å². The van der Waals surface area contributed by atoms with Crippen molar-refractivity contribution < 1.29 is 32.8 Å². The van der Waals surface area contributed by atoms with Crippen LogP contribution in [0.5, 0.6) is 0 Å². The molecule has 2 aromatic rings. The maximum absolute atomic E-state index is 14.9. The summed E-state index contributed by atoms with van der Waals surface area (Å²) in [5, 5.41) is 13.8. The molecule has 4 unspecified atom stereocenters. The van der Waals surface area contributed by atoms with Crippen molar-refractivity contribution in [2.24, 2.45) is 5.92 Å². The van der Waals surface area contributed by atoms with Crippen molar-refractivity contribution in [2.45, 2.75) is 121 Å². The van der Waals surface area contributed by atoms with E-state index >= 15 is 0 Å². The standard InChI is InChI=1S/C48H62F2N10O5/c1-29-24-31(27-55(29)3)34-25-30-10-9-20-58(40(30)26-35(34)43(49)50)44-36-28-57(48(65)51-2)23-17-38(36)60(54-44)32-15-21-56(22-16-32)19-7-5-4-6-18-52-37-12-8-11-33-42(37)47(64)59(46(33)63)39-13-14-41(61)53-45(39)62/h8,11-12,25-27,29-30,32,39-40,43,52H,4-7,9-10,13-24,28H2,1-3H3,(H,51,65)(H,53,61,62). The Morgan fingerprint density at radius 1 is 0.954 bits per heavy atom. The number of halogens is 2. The molecule has 15 nitrogen and oxygen atoms in total. The van der Waals surface area contributed by atoms with Crippen molar-refractivity contribution in [1.29, 1.82) is 0 Å². The van der Waals surface area contributed by atoms with E-state index in [1.807, 2.05) is 24.2 Å². The number of carbonyl (C=O) groups is 5. The number of aromatic nitrogens is 2. The number of unbranched alkanes of at least 4 members (excludes halogenated alkanes) is 3. The van der Waals surface area contributed by atoms with Crippen molar-refractivity contribution in [3.63, 3.8) is 0 Å². The van der Waals surface area contributed by atoms with E-state index in [0.717, 1.165) is 112 Å². The summed E-state index contributed by atoms with van der Waals surface area (Å²) in [6.07, 6.45) is 12.8. The molecule has 9 rings (SSSR count). The van der Waals surface area contributed by atoms with Gasteiger partial charge in [0.05, 0.1) is 29.8 Å². The molecule has 0 bridgehead atoms. The zero-order chi connectivity index (χ0) is 45.5. The van der Waals surface area contributed by atoms with Gasteiger partial charge in [-0.15, -0.1) is 0 Å². The first-order valence-corrected chi connectivity index (χ1v) is 23.7. The monoisotopic (exact) mass is 896 g/mol. The fourth-order valence-corrected chi connectivity index (χ4v) is 11.2. The maximum Gasteiger partial charge on any atom is 0.317 e. The molecule has 3 fully saturated rings. The SMILES string of the molecule is CNC(=O)N1CCc2c(c(N3CCCC4C=C(C5=CN(C)C(C)C5)C(C(F)F)=CC43)nn2C2CCN(CCCCCCNc3cccc4c3C(=O)N(C3CCC(=O)NC3=O)C4=O)CC2)C1. The largest absolute Gasteiger partial charge is 0.384 e. The highest BCUT2D eigenvalue weighted by Gasteiger charge is 2.46. The quantitative estimate of drug-likeness (QED) is 0.171. The Balaban J connectivity index is 0.796. The molecule has 17 heteroatoms. The molecular weight excluding hydrogens is 835 g/mol. The number of hydrogen-bond donors (Lipinski definition) is 3. The van der Waals surface area contributed by atoms with E-state index in [4.69, 9.17) is 5.10 Å². The number of piperidine rings is 3. The molecule has 0 radical (unpaired) electrons. The molecule has 65 heavy (non-hydrogen) atoms. The Morgan fingerprint density at radius 2 is 1.75 bits per heavy atom. The summed E-state index contributed by atoms with van der Waals surface area (Å²) in [6.45, 7) is 7.41. The second-order valence-corrected chi connectivity index (χ2v) is 18.9.